The first-order valence-corrected chi connectivity index (χ1v) is 6.54. The number of morpholine rings is 1. The second kappa shape index (κ2) is 4.97. The van der Waals surface area contributed by atoms with Gasteiger partial charge in [-0.3, -0.25) is 0 Å². The van der Waals surface area contributed by atoms with Crippen LogP contribution < -0.4 is 15.5 Å². The molecule has 2 fully saturated rings. The van der Waals surface area contributed by atoms with Crippen LogP contribution in [-0.4, -0.2) is 49.4 Å². The average Bonchev–Trinajstić information content (AvgIpc) is 2.94. The van der Waals surface area contributed by atoms with E-state index in [1.807, 2.05) is 0 Å². The van der Waals surface area contributed by atoms with Gasteiger partial charge in [0.15, 0.2) is 11.6 Å². The lowest BCUT2D eigenvalue weighted by Gasteiger charge is -2.30. The van der Waals surface area contributed by atoms with Gasteiger partial charge < -0.3 is 20.3 Å². The Labute approximate surface area is 107 Å². The molecule has 0 saturated carbocycles. The van der Waals surface area contributed by atoms with Crippen LogP contribution in [0.5, 0.6) is 0 Å². The highest BCUT2D eigenvalue weighted by Gasteiger charge is 2.22. The highest BCUT2D eigenvalue weighted by atomic mass is 16.5. The van der Waals surface area contributed by atoms with E-state index >= 15 is 0 Å². The first kappa shape index (κ1) is 11.5. The first-order valence-electron chi connectivity index (χ1n) is 6.54. The van der Waals surface area contributed by atoms with Crippen LogP contribution in [0.15, 0.2) is 6.33 Å². The van der Waals surface area contributed by atoms with Gasteiger partial charge in [-0.15, -0.1) is 0 Å². The van der Waals surface area contributed by atoms with Gasteiger partial charge in [0.2, 0.25) is 0 Å². The Morgan fingerprint density at radius 2 is 1.50 bits per heavy atom. The summed E-state index contributed by atoms with van der Waals surface area (Å²) in [7, 11) is 0. The van der Waals surface area contributed by atoms with E-state index in [4.69, 9.17) is 10.5 Å². The Hall–Kier alpha value is -1.56. The molecule has 2 saturated heterocycles. The summed E-state index contributed by atoms with van der Waals surface area (Å²) in [4.78, 5) is 13.1. The molecule has 0 aromatic carbocycles. The Morgan fingerprint density at radius 1 is 0.944 bits per heavy atom. The second-order valence-electron chi connectivity index (χ2n) is 4.73. The quantitative estimate of drug-likeness (QED) is 0.823. The summed E-state index contributed by atoms with van der Waals surface area (Å²) in [6.07, 6.45) is 4.06. The van der Waals surface area contributed by atoms with E-state index in [0.717, 1.165) is 51.0 Å². The molecule has 3 rings (SSSR count). The summed E-state index contributed by atoms with van der Waals surface area (Å²) in [5.41, 5.74) is 6.95. The molecule has 0 unspecified atom stereocenters. The fourth-order valence-electron chi connectivity index (χ4n) is 2.59. The molecule has 0 amide bonds. The van der Waals surface area contributed by atoms with E-state index in [2.05, 4.69) is 19.8 Å². The number of anilines is 3. The van der Waals surface area contributed by atoms with Crippen LogP contribution in [0, 0.1) is 0 Å². The zero-order valence-corrected chi connectivity index (χ0v) is 10.5. The maximum atomic E-state index is 6.24. The number of ether oxygens (including phenoxy) is 1. The minimum Gasteiger partial charge on any atom is -0.393 e. The molecule has 6 heteroatoms. The molecule has 0 bridgehead atoms. The summed E-state index contributed by atoms with van der Waals surface area (Å²) in [6.45, 7) is 5.26. The number of aromatic nitrogens is 2. The predicted octanol–water partition coefficient (Wildman–Crippen LogP) is 0.496. The summed E-state index contributed by atoms with van der Waals surface area (Å²) >= 11 is 0. The third-order valence-electron chi connectivity index (χ3n) is 3.56. The van der Waals surface area contributed by atoms with Gasteiger partial charge in [0.1, 0.15) is 12.0 Å². The van der Waals surface area contributed by atoms with Gasteiger partial charge in [-0.2, -0.15) is 0 Å². The van der Waals surface area contributed by atoms with Crippen LogP contribution in [0.3, 0.4) is 0 Å². The zero-order valence-electron chi connectivity index (χ0n) is 10.5. The molecule has 6 nitrogen and oxygen atoms in total. The molecule has 2 aliphatic rings. The molecule has 1 aromatic rings. The lowest BCUT2D eigenvalue weighted by atomic mass is 10.3. The average molecular weight is 249 g/mol. The van der Waals surface area contributed by atoms with Crippen LogP contribution in [0.2, 0.25) is 0 Å². The third kappa shape index (κ3) is 2.08. The Kier molecular flexibility index (Phi) is 3.19. The molecule has 98 valence electrons. The van der Waals surface area contributed by atoms with Crippen molar-refractivity contribution in [1.82, 2.24) is 9.97 Å². The molecule has 18 heavy (non-hydrogen) atoms. The van der Waals surface area contributed by atoms with Crippen molar-refractivity contribution in [3.05, 3.63) is 6.33 Å². The van der Waals surface area contributed by atoms with Gasteiger partial charge in [0.25, 0.3) is 0 Å². The Balaban J connectivity index is 1.87. The van der Waals surface area contributed by atoms with Crippen molar-refractivity contribution < 1.29 is 4.74 Å². The van der Waals surface area contributed by atoms with E-state index in [0.29, 0.717) is 5.69 Å². The number of nitrogens with two attached hydrogens (primary N) is 1. The molecule has 0 aliphatic carbocycles. The molecule has 0 atom stereocenters. The normalized spacial score (nSPS) is 20.4. The van der Waals surface area contributed by atoms with Crippen LogP contribution in [0.25, 0.3) is 0 Å². The maximum absolute atomic E-state index is 6.24. The minimum atomic E-state index is 0.710. The van der Waals surface area contributed by atoms with Crippen LogP contribution in [-0.2, 0) is 4.74 Å². The predicted molar refractivity (Wildman–Crippen MR) is 70.9 cm³/mol. The van der Waals surface area contributed by atoms with Crippen molar-refractivity contribution in [3.8, 4) is 0 Å². The third-order valence-corrected chi connectivity index (χ3v) is 3.56. The van der Waals surface area contributed by atoms with Gasteiger partial charge in [0, 0.05) is 26.2 Å². The van der Waals surface area contributed by atoms with Crippen molar-refractivity contribution in [2.24, 2.45) is 0 Å². The van der Waals surface area contributed by atoms with Crippen molar-refractivity contribution in [2.45, 2.75) is 12.8 Å². The van der Waals surface area contributed by atoms with Gasteiger partial charge >= 0.3 is 0 Å². The number of nitrogen functional groups attached to an aromatic ring is 1. The van der Waals surface area contributed by atoms with Crippen molar-refractivity contribution >= 4 is 17.3 Å². The van der Waals surface area contributed by atoms with Gasteiger partial charge in [-0.1, -0.05) is 0 Å². The molecular weight excluding hydrogens is 230 g/mol. The summed E-state index contributed by atoms with van der Waals surface area (Å²) in [5.74, 6) is 1.75. The number of nitrogens with zero attached hydrogens (tertiary/aromatic N) is 4. The molecule has 3 heterocycles. The van der Waals surface area contributed by atoms with Crippen LogP contribution in [0.1, 0.15) is 12.8 Å². The highest BCUT2D eigenvalue weighted by molar-refractivity contribution is 5.76. The number of rotatable bonds is 2. The SMILES string of the molecule is Nc1c(N2CCCC2)ncnc1N1CCOCC1. The molecule has 0 radical (unpaired) electrons. The summed E-state index contributed by atoms with van der Waals surface area (Å²) in [5, 5.41) is 0. The fourth-order valence-corrected chi connectivity index (χ4v) is 2.59. The van der Waals surface area contributed by atoms with Gasteiger partial charge in [-0.25, -0.2) is 9.97 Å². The van der Waals surface area contributed by atoms with Crippen molar-refractivity contribution in [3.63, 3.8) is 0 Å². The van der Waals surface area contributed by atoms with E-state index in [1.165, 1.54) is 12.8 Å². The largest absolute Gasteiger partial charge is 0.393 e. The van der Waals surface area contributed by atoms with Gasteiger partial charge in [0.05, 0.1) is 13.2 Å². The van der Waals surface area contributed by atoms with E-state index < -0.39 is 0 Å². The molecule has 1 aromatic heterocycles. The Morgan fingerprint density at radius 3 is 2.11 bits per heavy atom. The molecule has 0 spiro atoms. The smallest absolute Gasteiger partial charge is 0.157 e. The monoisotopic (exact) mass is 249 g/mol. The lowest BCUT2D eigenvalue weighted by Crippen LogP contribution is -2.37. The standard InChI is InChI=1S/C12H19N5O/c13-10-11(16-3-1-2-4-16)14-9-15-12(10)17-5-7-18-8-6-17/h9H,1-8,13H2. The number of hydrogen-bond acceptors (Lipinski definition) is 6. The molecule has 2 aliphatic heterocycles. The second-order valence-corrected chi connectivity index (χ2v) is 4.73. The summed E-state index contributed by atoms with van der Waals surface area (Å²) < 4.78 is 5.35. The Bertz CT molecular complexity index is 413. The van der Waals surface area contributed by atoms with Crippen molar-refractivity contribution in [2.75, 3.05) is 54.9 Å². The number of hydrogen-bond donors (Lipinski definition) is 1. The van der Waals surface area contributed by atoms with E-state index in [1.54, 1.807) is 6.33 Å². The zero-order chi connectivity index (χ0) is 12.4. The highest BCUT2D eigenvalue weighted by Crippen LogP contribution is 2.30. The van der Waals surface area contributed by atoms with Crippen LogP contribution >= 0.6 is 0 Å². The molecule has 2 N–H and O–H groups in total. The van der Waals surface area contributed by atoms with E-state index in [9.17, 15) is 0 Å². The fraction of sp³-hybridized carbons (Fsp3) is 0.667. The summed E-state index contributed by atoms with van der Waals surface area (Å²) in [6, 6.07) is 0. The van der Waals surface area contributed by atoms with Crippen LogP contribution in [0.4, 0.5) is 17.3 Å². The molecular formula is C12H19N5O. The first-order chi connectivity index (χ1) is 8.86. The van der Waals surface area contributed by atoms with Crippen molar-refractivity contribution in [1.29, 1.82) is 0 Å². The van der Waals surface area contributed by atoms with Gasteiger partial charge in [-0.05, 0) is 12.8 Å². The topological polar surface area (TPSA) is 67.5 Å². The lowest BCUT2D eigenvalue weighted by molar-refractivity contribution is 0.122. The van der Waals surface area contributed by atoms with E-state index in [-0.39, 0.29) is 0 Å². The maximum Gasteiger partial charge on any atom is 0.157 e. The minimum absolute atomic E-state index is 0.710.